The molecule has 7 heteroatoms. The lowest BCUT2D eigenvalue weighted by molar-refractivity contribution is -0.132. The number of aromatic nitrogens is 3. The van der Waals surface area contributed by atoms with E-state index in [4.69, 9.17) is 17.3 Å². The second-order valence-corrected chi connectivity index (χ2v) is 4.71. The smallest absolute Gasteiger partial charge is 0.244 e. The van der Waals surface area contributed by atoms with E-state index in [-0.39, 0.29) is 18.4 Å². The van der Waals surface area contributed by atoms with Crippen molar-refractivity contribution in [2.45, 2.75) is 20.0 Å². The van der Waals surface area contributed by atoms with Crippen LogP contribution in [0.25, 0.3) is 0 Å². The number of benzene rings is 1. The van der Waals surface area contributed by atoms with Crippen molar-refractivity contribution in [1.29, 1.82) is 0 Å². The predicted octanol–water partition coefficient (Wildman–Crippen LogP) is 1.56. The van der Waals surface area contributed by atoms with Crippen LogP contribution in [-0.2, 0) is 17.9 Å². The molecule has 1 aromatic carbocycles. The van der Waals surface area contributed by atoms with E-state index in [1.54, 1.807) is 4.90 Å². The van der Waals surface area contributed by atoms with E-state index >= 15 is 0 Å². The third-order valence-electron chi connectivity index (χ3n) is 2.90. The van der Waals surface area contributed by atoms with Gasteiger partial charge in [-0.15, -0.1) is 5.10 Å². The Morgan fingerprint density at radius 2 is 2.20 bits per heavy atom. The van der Waals surface area contributed by atoms with E-state index in [1.807, 2.05) is 31.2 Å². The van der Waals surface area contributed by atoms with Gasteiger partial charge in [0.2, 0.25) is 11.9 Å². The summed E-state index contributed by atoms with van der Waals surface area (Å²) >= 11 is 6.11. The van der Waals surface area contributed by atoms with Crippen LogP contribution >= 0.6 is 11.6 Å². The van der Waals surface area contributed by atoms with Crippen molar-refractivity contribution in [3.8, 4) is 0 Å². The summed E-state index contributed by atoms with van der Waals surface area (Å²) in [5.74, 6) is 0.101. The van der Waals surface area contributed by atoms with Crippen LogP contribution in [0.2, 0.25) is 5.02 Å². The van der Waals surface area contributed by atoms with Gasteiger partial charge in [-0.3, -0.25) is 4.79 Å². The van der Waals surface area contributed by atoms with Crippen LogP contribution in [0.3, 0.4) is 0 Å². The number of amides is 1. The minimum absolute atomic E-state index is 0.0580. The van der Waals surface area contributed by atoms with Gasteiger partial charge in [-0.1, -0.05) is 29.8 Å². The van der Waals surface area contributed by atoms with Crippen molar-refractivity contribution in [3.63, 3.8) is 0 Å². The Labute approximate surface area is 122 Å². The number of carbonyl (C=O) groups excluding carboxylic acids is 1. The zero-order valence-corrected chi connectivity index (χ0v) is 11.9. The Balaban J connectivity index is 2.04. The van der Waals surface area contributed by atoms with Crippen molar-refractivity contribution in [2.75, 3.05) is 12.3 Å². The van der Waals surface area contributed by atoms with Gasteiger partial charge in [-0.2, -0.15) is 0 Å². The minimum Gasteiger partial charge on any atom is -0.367 e. The van der Waals surface area contributed by atoms with Gasteiger partial charge in [0.25, 0.3) is 0 Å². The molecule has 0 bridgehead atoms. The third-order valence-corrected chi connectivity index (χ3v) is 3.27. The largest absolute Gasteiger partial charge is 0.367 e. The molecule has 0 saturated carbocycles. The van der Waals surface area contributed by atoms with E-state index in [2.05, 4.69) is 10.1 Å². The minimum atomic E-state index is -0.0580. The summed E-state index contributed by atoms with van der Waals surface area (Å²) < 4.78 is 1.42. The maximum absolute atomic E-state index is 12.2. The van der Waals surface area contributed by atoms with E-state index < -0.39 is 0 Å². The third kappa shape index (κ3) is 3.48. The first kappa shape index (κ1) is 14.3. The highest BCUT2D eigenvalue weighted by Crippen LogP contribution is 2.17. The molecule has 0 aliphatic rings. The van der Waals surface area contributed by atoms with Crippen molar-refractivity contribution >= 4 is 23.5 Å². The number of anilines is 1. The first-order valence-electron chi connectivity index (χ1n) is 6.26. The molecule has 2 N–H and O–H groups in total. The molecule has 106 valence electrons. The Hall–Kier alpha value is -2.08. The van der Waals surface area contributed by atoms with Crippen molar-refractivity contribution in [2.24, 2.45) is 0 Å². The molecule has 6 nitrogen and oxygen atoms in total. The zero-order chi connectivity index (χ0) is 14.5. The Bertz CT molecular complexity index is 598. The molecule has 20 heavy (non-hydrogen) atoms. The lowest BCUT2D eigenvalue weighted by atomic mass is 10.2. The number of halogens is 1. The zero-order valence-electron chi connectivity index (χ0n) is 11.2. The standard InChI is InChI=1S/C13H16ClN5O/c1-2-18(7-10-5-3-4-6-11(10)14)12(20)8-19-9-16-13(15)17-19/h3-6,9H,2,7-8H2,1H3,(H2,15,17). The maximum atomic E-state index is 12.2. The number of hydrogen-bond donors (Lipinski definition) is 1. The molecule has 0 aliphatic heterocycles. The summed E-state index contributed by atoms with van der Waals surface area (Å²) in [6.45, 7) is 3.10. The lowest BCUT2D eigenvalue weighted by Crippen LogP contribution is -2.33. The molecule has 2 aromatic rings. The first-order valence-corrected chi connectivity index (χ1v) is 6.64. The fourth-order valence-corrected chi connectivity index (χ4v) is 2.03. The molecule has 0 saturated heterocycles. The maximum Gasteiger partial charge on any atom is 0.244 e. The van der Waals surface area contributed by atoms with Gasteiger partial charge in [-0.05, 0) is 18.6 Å². The SMILES string of the molecule is CCN(Cc1ccccc1Cl)C(=O)Cn1cnc(N)n1. The van der Waals surface area contributed by atoms with Gasteiger partial charge in [0.1, 0.15) is 12.9 Å². The molecule has 0 fully saturated rings. The van der Waals surface area contributed by atoms with Crippen LogP contribution in [0.1, 0.15) is 12.5 Å². The number of nitrogens with zero attached hydrogens (tertiary/aromatic N) is 4. The second kappa shape index (κ2) is 6.38. The van der Waals surface area contributed by atoms with Gasteiger partial charge >= 0.3 is 0 Å². The highest BCUT2D eigenvalue weighted by Gasteiger charge is 2.14. The fraction of sp³-hybridized carbons (Fsp3) is 0.308. The average Bonchev–Trinajstić information content (AvgIpc) is 2.83. The summed E-state index contributed by atoms with van der Waals surface area (Å²) in [6.07, 6.45) is 1.44. The topological polar surface area (TPSA) is 77.0 Å². The van der Waals surface area contributed by atoms with Crippen LogP contribution in [-0.4, -0.2) is 32.1 Å². The van der Waals surface area contributed by atoms with Crippen molar-refractivity contribution in [1.82, 2.24) is 19.7 Å². The van der Waals surface area contributed by atoms with E-state index in [0.29, 0.717) is 18.1 Å². The number of rotatable bonds is 5. The number of nitrogens with two attached hydrogens (primary N) is 1. The molecule has 1 aromatic heterocycles. The molecule has 1 amide bonds. The monoisotopic (exact) mass is 293 g/mol. The van der Waals surface area contributed by atoms with Crippen LogP contribution in [0, 0.1) is 0 Å². The quantitative estimate of drug-likeness (QED) is 0.907. The van der Waals surface area contributed by atoms with Crippen LogP contribution in [0.15, 0.2) is 30.6 Å². The van der Waals surface area contributed by atoms with Gasteiger partial charge in [-0.25, -0.2) is 9.67 Å². The summed E-state index contributed by atoms with van der Waals surface area (Å²) in [5.41, 5.74) is 6.34. The average molecular weight is 294 g/mol. The summed E-state index contributed by atoms with van der Waals surface area (Å²) in [4.78, 5) is 17.7. The number of carbonyl (C=O) groups is 1. The van der Waals surface area contributed by atoms with Crippen LogP contribution in [0.5, 0.6) is 0 Å². The van der Waals surface area contributed by atoms with E-state index in [9.17, 15) is 4.79 Å². The number of hydrogen-bond acceptors (Lipinski definition) is 4. The predicted molar refractivity (Wildman–Crippen MR) is 77.0 cm³/mol. The Morgan fingerprint density at radius 1 is 1.45 bits per heavy atom. The van der Waals surface area contributed by atoms with Crippen LogP contribution < -0.4 is 5.73 Å². The normalized spacial score (nSPS) is 10.5. The van der Waals surface area contributed by atoms with Gasteiger partial charge in [0.05, 0.1) is 0 Å². The van der Waals surface area contributed by atoms with Crippen LogP contribution in [0.4, 0.5) is 5.95 Å². The van der Waals surface area contributed by atoms with Crippen molar-refractivity contribution in [3.05, 3.63) is 41.2 Å². The van der Waals surface area contributed by atoms with Gasteiger partial charge in [0, 0.05) is 18.1 Å². The van der Waals surface area contributed by atoms with E-state index in [0.717, 1.165) is 5.56 Å². The lowest BCUT2D eigenvalue weighted by Gasteiger charge is -2.21. The van der Waals surface area contributed by atoms with Gasteiger partial charge in [0.15, 0.2) is 0 Å². The molecular weight excluding hydrogens is 278 g/mol. The molecule has 0 atom stereocenters. The first-order chi connectivity index (χ1) is 9.60. The Morgan fingerprint density at radius 3 is 2.80 bits per heavy atom. The second-order valence-electron chi connectivity index (χ2n) is 4.30. The number of likely N-dealkylation sites (N-methyl/N-ethyl adjacent to an activating group) is 1. The molecule has 2 rings (SSSR count). The summed E-state index contributed by atoms with van der Waals surface area (Å²) in [6, 6.07) is 7.48. The summed E-state index contributed by atoms with van der Waals surface area (Å²) in [7, 11) is 0. The highest BCUT2D eigenvalue weighted by atomic mass is 35.5. The summed E-state index contributed by atoms with van der Waals surface area (Å²) in [5, 5.41) is 4.56. The molecule has 0 spiro atoms. The molecule has 0 aliphatic carbocycles. The van der Waals surface area contributed by atoms with Gasteiger partial charge < -0.3 is 10.6 Å². The molecule has 0 unspecified atom stereocenters. The van der Waals surface area contributed by atoms with E-state index in [1.165, 1.54) is 11.0 Å². The fourth-order valence-electron chi connectivity index (χ4n) is 1.83. The Kier molecular flexibility index (Phi) is 4.57. The molecule has 0 radical (unpaired) electrons. The highest BCUT2D eigenvalue weighted by molar-refractivity contribution is 6.31. The number of nitrogen functional groups attached to an aromatic ring is 1. The molecular formula is C13H16ClN5O. The van der Waals surface area contributed by atoms with Crippen molar-refractivity contribution < 1.29 is 4.79 Å². The molecule has 1 heterocycles.